The third kappa shape index (κ3) is 6.42. The Morgan fingerprint density at radius 3 is 2.80 bits per heavy atom. The Morgan fingerprint density at radius 1 is 1.26 bits per heavy atom. The van der Waals surface area contributed by atoms with Crippen molar-refractivity contribution in [2.24, 2.45) is 0 Å². The van der Waals surface area contributed by atoms with E-state index in [1.54, 1.807) is 12.3 Å². The first-order valence-corrected chi connectivity index (χ1v) is 11.6. The second-order valence-corrected chi connectivity index (χ2v) is 8.68. The lowest BCUT2D eigenvalue weighted by molar-refractivity contribution is -0.136. The van der Waals surface area contributed by atoms with Crippen LogP contribution in [0.15, 0.2) is 30.5 Å². The quantitative estimate of drug-likeness (QED) is 0.337. The Hall–Kier alpha value is -3.32. The summed E-state index contributed by atoms with van der Waals surface area (Å²) in [6.45, 7) is 2.14. The molecule has 0 bridgehead atoms. The summed E-state index contributed by atoms with van der Waals surface area (Å²) in [4.78, 5) is 5.60. The first-order valence-electron chi connectivity index (χ1n) is 10.8. The van der Waals surface area contributed by atoms with Crippen molar-refractivity contribution in [2.75, 3.05) is 19.9 Å². The maximum atomic E-state index is 15.1. The number of aromatic nitrogens is 5. The number of aryl methyl sites for hydroxylation is 1. The molecule has 0 aliphatic carbocycles. The number of H-pyrrole nitrogens is 1. The number of halogens is 4. The summed E-state index contributed by atoms with van der Waals surface area (Å²) in [6, 6.07) is 4.16. The van der Waals surface area contributed by atoms with E-state index in [4.69, 9.17) is 9.47 Å². The average Bonchev–Trinajstić information content (AvgIpc) is 3.49. The number of benzene rings is 1. The fraction of sp³-hybridized carbons (Fsp3) is 0.364. The van der Waals surface area contributed by atoms with Crippen LogP contribution in [0.2, 0.25) is 0 Å². The molecule has 4 rings (SSSR count). The molecular formula is C22H22F4N6O2S. The summed E-state index contributed by atoms with van der Waals surface area (Å²) in [5.41, 5.74) is 2.00. The number of hydrogen-bond acceptors (Lipinski definition) is 8. The van der Waals surface area contributed by atoms with Gasteiger partial charge in [0, 0.05) is 46.0 Å². The maximum absolute atomic E-state index is 15.1. The van der Waals surface area contributed by atoms with Gasteiger partial charge in [0.1, 0.15) is 23.3 Å². The van der Waals surface area contributed by atoms with Crippen molar-refractivity contribution >= 4 is 28.2 Å². The summed E-state index contributed by atoms with van der Waals surface area (Å²) < 4.78 is 63.0. The maximum Gasteiger partial charge on any atom is 0.389 e. The molecule has 1 aliphatic rings. The van der Waals surface area contributed by atoms with E-state index in [9.17, 15) is 13.2 Å². The highest BCUT2D eigenvalue weighted by Gasteiger charge is 2.26. The van der Waals surface area contributed by atoms with Gasteiger partial charge < -0.3 is 14.8 Å². The van der Waals surface area contributed by atoms with Gasteiger partial charge in [0.2, 0.25) is 0 Å². The molecule has 186 valence electrons. The number of rotatable bonds is 8. The van der Waals surface area contributed by atoms with E-state index in [-0.39, 0.29) is 37.7 Å². The zero-order valence-electron chi connectivity index (χ0n) is 18.7. The van der Waals surface area contributed by atoms with Crippen molar-refractivity contribution in [3.63, 3.8) is 0 Å². The van der Waals surface area contributed by atoms with E-state index < -0.39 is 18.4 Å². The number of aromatic amines is 1. The first-order chi connectivity index (χ1) is 16.8. The standard InChI is InChI=1S/C22H22F4N6O2S/c1-2-14-10-27-21(35-14)16-9-19(28-12-33-11-17(16)20-29-31-32-30-20)15-5-4-13(8-18(15)23)34-7-3-6-22(24,25)26/h4-5,8-10,28H,2-3,6-7,11-12H2,1H3,(H,29,30,31,32)/b17-16-,19-9-. The van der Waals surface area contributed by atoms with Gasteiger partial charge in [-0.3, -0.25) is 0 Å². The lowest BCUT2D eigenvalue weighted by Gasteiger charge is -2.19. The van der Waals surface area contributed by atoms with Crippen LogP contribution < -0.4 is 10.1 Å². The molecule has 0 radical (unpaired) electrons. The highest BCUT2D eigenvalue weighted by atomic mass is 32.1. The third-order valence-electron chi connectivity index (χ3n) is 5.09. The molecule has 0 fully saturated rings. The first kappa shape index (κ1) is 24.8. The van der Waals surface area contributed by atoms with Gasteiger partial charge in [-0.2, -0.15) is 13.2 Å². The Bertz CT molecular complexity index is 1210. The highest BCUT2D eigenvalue weighted by molar-refractivity contribution is 7.12. The monoisotopic (exact) mass is 510 g/mol. The molecular weight excluding hydrogens is 488 g/mol. The minimum absolute atomic E-state index is 0.0946. The Kier molecular flexibility index (Phi) is 7.76. The van der Waals surface area contributed by atoms with Gasteiger partial charge in [0.05, 0.1) is 13.2 Å². The van der Waals surface area contributed by atoms with Crippen molar-refractivity contribution in [3.8, 4) is 5.75 Å². The number of hydrogen-bond donors (Lipinski definition) is 2. The van der Waals surface area contributed by atoms with E-state index >= 15 is 4.39 Å². The van der Waals surface area contributed by atoms with E-state index in [0.29, 0.717) is 27.7 Å². The van der Waals surface area contributed by atoms with Crippen LogP contribution in [0.4, 0.5) is 17.6 Å². The second kappa shape index (κ2) is 11.0. The van der Waals surface area contributed by atoms with Gasteiger partial charge in [0.15, 0.2) is 5.82 Å². The number of ether oxygens (including phenoxy) is 2. The number of thiazole rings is 1. The van der Waals surface area contributed by atoms with Crippen molar-refractivity contribution in [1.82, 2.24) is 30.9 Å². The fourth-order valence-corrected chi connectivity index (χ4v) is 4.25. The molecule has 0 amide bonds. The molecule has 8 nitrogen and oxygen atoms in total. The zero-order valence-corrected chi connectivity index (χ0v) is 19.5. The predicted molar refractivity (Wildman–Crippen MR) is 122 cm³/mol. The summed E-state index contributed by atoms with van der Waals surface area (Å²) in [5.74, 6) is -0.0464. The molecule has 13 heteroatoms. The van der Waals surface area contributed by atoms with Gasteiger partial charge >= 0.3 is 6.18 Å². The Balaban J connectivity index is 1.66. The van der Waals surface area contributed by atoms with Crippen molar-refractivity contribution in [2.45, 2.75) is 32.4 Å². The van der Waals surface area contributed by atoms with Gasteiger partial charge in [-0.15, -0.1) is 16.4 Å². The van der Waals surface area contributed by atoms with Gasteiger partial charge in [-0.05, 0) is 41.5 Å². The molecule has 2 N–H and O–H groups in total. The largest absolute Gasteiger partial charge is 0.493 e. The molecule has 1 aromatic carbocycles. The second-order valence-electron chi connectivity index (χ2n) is 7.56. The van der Waals surface area contributed by atoms with Crippen LogP contribution in [0.3, 0.4) is 0 Å². The summed E-state index contributed by atoms with van der Waals surface area (Å²) in [7, 11) is 0. The lowest BCUT2D eigenvalue weighted by Crippen LogP contribution is -2.21. The molecule has 0 saturated heterocycles. The molecule has 35 heavy (non-hydrogen) atoms. The van der Waals surface area contributed by atoms with Crippen LogP contribution in [-0.2, 0) is 11.2 Å². The number of nitrogens with zero attached hydrogens (tertiary/aromatic N) is 4. The van der Waals surface area contributed by atoms with E-state index in [2.05, 4.69) is 30.9 Å². The highest BCUT2D eigenvalue weighted by Crippen LogP contribution is 2.33. The molecule has 3 heterocycles. The summed E-state index contributed by atoms with van der Waals surface area (Å²) >= 11 is 1.50. The molecule has 0 unspecified atom stereocenters. The van der Waals surface area contributed by atoms with Crippen LogP contribution in [0.25, 0.3) is 16.8 Å². The summed E-state index contributed by atoms with van der Waals surface area (Å²) in [6.07, 6.45) is -1.06. The minimum Gasteiger partial charge on any atom is -0.493 e. The average molecular weight is 511 g/mol. The molecule has 0 spiro atoms. The zero-order chi connectivity index (χ0) is 24.8. The van der Waals surface area contributed by atoms with Crippen LogP contribution in [-0.4, -0.2) is 51.7 Å². The minimum atomic E-state index is -4.25. The summed E-state index contributed by atoms with van der Waals surface area (Å²) in [5, 5.41) is 17.8. The number of alkyl halides is 3. The van der Waals surface area contributed by atoms with Crippen LogP contribution >= 0.6 is 11.3 Å². The SMILES string of the molecule is CCc1cnc(C2=C(\c3nnn[nH]3)COCN/C(c3ccc(OCCCC(F)(F)F)cc3F)=C\2)s1. The number of tetrazole rings is 1. The smallest absolute Gasteiger partial charge is 0.389 e. The number of nitrogens with one attached hydrogen (secondary N) is 2. The van der Waals surface area contributed by atoms with Gasteiger partial charge in [0.25, 0.3) is 0 Å². The Morgan fingerprint density at radius 2 is 2.11 bits per heavy atom. The fourth-order valence-electron chi connectivity index (χ4n) is 3.35. The van der Waals surface area contributed by atoms with Crippen LogP contribution in [0, 0.1) is 5.82 Å². The van der Waals surface area contributed by atoms with Crippen LogP contribution in [0.1, 0.15) is 41.0 Å². The van der Waals surface area contributed by atoms with E-state index in [0.717, 1.165) is 17.4 Å². The molecule has 0 saturated carbocycles. The van der Waals surface area contributed by atoms with Crippen molar-refractivity contribution < 1.29 is 27.0 Å². The molecule has 3 aromatic rings. The lowest BCUT2D eigenvalue weighted by atomic mass is 10.0. The van der Waals surface area contributed by atoms with E-state index in [1.165, 1.54) is 23.5 Å². The van der Waals surface area contributed by atoms with Crippen molar-refractivity contribution in [1.29, 1.82) is 0 Å². The van der Waals surface area contributed by atoms with Gasteiger partial charge in [-0.1, -0.05) is 6.92 Å². The van der Waals surface area contributed by atoms with Gasteiger partial charge in [-0.25, -0.2) is 14.5 Å². The molecule has 0 atom stereocenters. The van der Waals surface area contributed by atoms with E-state index in [1.807, 2.05) is 6.92 Å². The topological polar surface area (TPSA) is 97.8 Å². The predicted octanol–water partition coefficient (Wildman–Crippen LogP) is 4.61. The molecule has 2 aromatic heterocycles. The van der Waals surface area contributed by atoms with Crippen molar-refractivity contribution in [3.05, 3.63) is 57.6 Å². The molecule has 1 aliphatic heterocycles. The third-order valence-corrected chi connectivity index (χ3v) is 6.27. The number of allylic oxidation sites excluding steroid dienone is 2. The van der Waals surface area contributed by atoms with Crippen LogP contribution in [0.5, 0.6) is 5.75 Å². The Labute approximate surface area is 202 Å². The normalized spacial score (nSPS) is 18.4.